The Morgan fingerprint density at radius 2 is 2.41 bits per heavy atom. The van der Waals surface area contributed by atoms with E-state index in [4.69, 9.17) is 4.74 Å². The Kier molecular flexibility index (Phi) is 5.42. The Morgan fingerprint density at radius 1 is 1.71 bits per heavy atom. The van der Waals surface area contributed by atoms with Gasteiger partial charge < -0.3 is 10.1 Å². The molecule has 1 aromatic heterocycles. The number of esters is 1. The van der Waals surface area contributed by atoms with Crippen LogP contribution in [0.1, 0.15) is 19.5 Å². The third-order valence-corrected chi connectivity index (χ3v) is 4.74. The summed E-state index contributed by atoms with van der Waals surface area (Å²) in [7, 11) is 1.41. The zero-order valence-electron chi connectivity index (χ0n) is 10.6. The molecule has 0 radical (unpaired) electrons. The molecule has 96 valence electrons. The van der Waals surface area contributed by atoms with Crippen LogP contribution in [0.25, 0.3) is 0 Å². The van der Waals surface area contributed by atoms with Gasteiger partial charge in [-0.05, 0) is 20.4 Å². The minimum absolute atomic E-state index is 0.236. The van der Waals surface area contributed by atoms with Gasteiger partial charge in [0.05, 0.1) is 7.11 Å². The first-order chi connectivity index (χ1) is 8.01. The van der Waals surface area contributed by atoms with Crippen LogP contribution in [0.2, 0.25) is 0 Å². The van der Waals surface area contributed by atoms with E-state index in [0.717, 1.165) is 16.6 Å². The van der Waals surface area contributed by atoms with Crippen LogP contribution in [0.15, 0.2) is 9.72 Å². The summed E-state index contributed by atoms with van der Waals surface area (Å²) >= 11 is 3.18. The molecule has 0 bridgehead atoms. The van der Waals surface area contributed by atoms with E-state index in [1.807, 2.05) is 26.2 Å². The Hall–Kier alpha value is -0.590. The van der Waals surface area contributed by atoms with E-state index >= 15 is 0 Å². The number of nitrogens with one attached hydrogen (secondary N) is 1. The fraction of sp³-hybridized carbons (Fsp3) is 0.636. The summed E-state index contributed by atoms with van der Waals surface area (Å²) in [6.45, 7) is 6.52. The highest BCUT2D eigenvalue weighted by atomic mass is 32.2. The maximum Gasteiger partial charge on any atom is 0.326 e. The van der Waals surface area contributed by atoms with E-state index in [1.54, 1.807) is 23.1 Å². The number of carbonyl (C=O) groups excluding carboxylic acids is 1. The molecule has 0 aromatic carbocycles. The van der Waals surface area contributed by atoms with Gasteiger partial charge in [-0.1, -0.05) is 18.7 Å². The number of methoxy groups -OCH3 is 1. The Bertz CT molecular complexity index is 381. The molecule has 0 spiro atoms. The highest BCUT2D eigenvalue weighted by Crippen LogP contribution is 2.26. The quantitative estimate of drug-likeness (QED) is 0.636. The van der Waals surface area contributed by atoms with Gasteiger partial charge in [-0.2, -0.15) is 0 Å². The lowest BCUT2D eigenvalue weighted by atomic mass is 10.1. The molecular weight excluding hydrogens is 256 g/mol. The summed E-state index contributed by atoms with van der Waals surface area (Å²) < 4.78 is 5.81. The van der Waals surface area contributed by atoms with Gasteiger partial charge in [-0.25, -0.2) is 4.98 Å². The normalized spacial score (nSPS) is 14.4. The maximum absolute atomic E-state index is 11.7. The zero-order valence-corrected chi connectivity index (χ0v) is 12.2. The number of hydrogen-bond donors (Lipinski definition) is 1. The van der Waals surface area contributed by atoms with Crippen molar-refractivity contribution in [1.82, 2.24) is 10.3 Å². The van der Waals surface area contributed by atoms with Gasteiger partial charge in [0, 0.05) is 16.8 Å². The summed E-state index contributed by atoms with van der Waals surface area (Å²) in [4.78, 5) is 16.1. The Balaban J connectivity index is 2.64. The van der Waals surface area contributed by atoms with Gasteiger partial charge >= 0.3 is 5.97 Å². The summed E-state index contributed by atoms with van der Waals surface area (Å²) in [6, 6.07) is 0. The SMILES string of the molecule is CCNC(C)(CSc1nc(C)cs1)C(=O)OC. The lowest BCUT2D eigenvalue weighted by Crippen LogP contribution is -2.52. The van der Waals surface area contributed by atoms with Gasteiger partial charge in [0.25, 0.3) is 0 Å². The predicted molar refractivity (Wildman–Crippen MR) is 71.7 cm³/mol. The Labute approximate surface area is 110 Å². The van der Waals surface area contributed by atoms with Gasteiger partial charge in [0.1, 0.15) is 9.88 Å². The van der Waals surface area contributed by atoms with Crippen LogP contribution in [-0.2, 0) is 9.53 Å². The second-order valence-electron chi connectivity index (χ2n) is 3.90. The maximum atomic E-state index is 11.7. The zero-order chi connectivity index (χ0) is 12.9. The standard InChI is InChI=1S/C11H18N2O2S2/c1-5-12-11(3,9(14)15-4)7-17-10-13-8(2)6-16-10/h6,12H,5,7H2,1-4H3. The number of carbonyl (C=O) groups is 1. The topological polar surface area (TPSA) is 51.2 Å². The monoisotopic (exact) mass is 274 g/mol. The Morgan fingerprint density at radius 3 is 2.88 bits per heavy atom. The summed E-state index contributed by atoms with van der Waals surface area (Å²) in [6.07, 6.45) is 0. The molecule has 0 amide bonds. The molecular formula is C11H18N2O2S2. The molecule has 0 fully saturated rings. The third kappa shape index (κ3) is 3.97. The molecule has 1 heterocycles. The van der Waals surface area contributed by atoms with Crippen molar-refractivity contribution < 1.29 is 9.53 Å². The van der Waals surface area contributed by atoms with Crippen LogP contribution in [0.5, 0.6) is 0 Å². The molecule has 1 N–H and O–H groups in total. The minimum atomic E-state index is -0.659. The highest BCUT2D eigenvalue weighted by molar-refractivity contribution is 8.01. The smallest absolute Gasteiger partial charge is 0.326 e. The predicted octanol–water partition coefficient (Wildman–Crippen LogP) is 2.08. The van der Waals surface area contributed by atoms with Crippen LogP contribution in [-0.4, -0.2) is 35.9 Å². The molecule has 0 aliphatic carbocycles. The molecule has 0 saturated carbocycles. The van der Waals surface area contributed by atoms with Crippen LogP contribution in [0, 0.1) is 6.92 Å². The number of rotatable bonds is 6. The van der Waals surface area contributed by atoms with E-state index in [2.05, 4.69) is 10.3 Å². The number of aromatic nitrogens is 1. The average molecular weight is 274 g/mol. The summed E-state index contributed by atoms with van der Waals surface area (Å²) in [5, 5.41) is 5.17. The summed E-state index contributed by atoms with van der Waals surface area (Å²) in [5.74, 6) is 0.376. The molecule has 1 aromatic rings. The van der Waals surface area contributed by atoms with E-state index in [-0.39, 0.29) is 5.97 Å². The van der Waals surface area contributed by atoms with Crippen LogP contribution in [0.3, 0.4) is 0 Å². The van der Waals surface area contributed by atoms with E-state index < -0.39 is 5.54 Å². The third-order valence-electron chi connectivity index (χ3n) is 2.29. The minimum Gasteiger partial charge on any atom is -0.468 e. The second-order valence-corrected chi connectivity index (χ2v) is 5.98. The van der Waals surface area contributed by atoms with Gasteiger partial charge in [-0.15, -0.1) is 11.3 Å². The van der Waals surface area contributed by atoms with Gasteiger partial charge in [-0.3, -0.25) is 4.79 Å². The molecule has 6 heteroatoms. The molecule has 0 saturated heterocycles. The molecule has 1 rings (SSSR count). The second kappa shape index (κ2) is 6.37. The molecule has 0 aliphatic heterocycles. The first kappa shape index (κ1) is 14.5. The fourth-order valence-corrected chi connectivity index (χ4v) is 3.36. The number of likely N-dealkylation sites (N-methyl/N-ethyl adjacent to an activating group) is 1. The number of thiazole rings is 1. The van der Waals surface area contributed by atoms with Crippen molar-refractivity contribution in [3.63, 3.8) is 0 Å². The molecule has 17 heavy (non-hydrogen) atoms. The average Bonchev–Trinajstić information content (AvgIpc) is 2.72. The number of hydrogen-bond acceptors (Lipinski definition) is 6. The lowest BCUT2D eigenvalue weighted by molar-refractivity contribution is -0.146. The van der Waals surface area contributed by atoms with Crippen molar-refractivity contribution in [3.8, 4) is 0 Å². The van der Waals surface area contributed by atoms with Gasteiger partial charge in [0.15, 0.2) is 0 Å². The van der Waals surface area contributed by atoms with E-state index in [9.17, 15) is 4.79 Å². The van der Waals surface area contributed by atoms with Crippen LogP contribution >= 0.6 is 23.1 Å². The van der Waals surface area contributed by atoms with Crippen molar-refractivity contribution >= 4 is 29.1 Å². The highest BCUT2D eigenvalue weighted by Gasteiger charge is 2.33. The van der Waals surface area contributed by atoms with Crippen molar-refractivity contribution in [3.05, 3.63) is 11.1 Å². The summed E-state index contributed by atoms with van der Waals surface area (Å²) in [5.41, 5.74) is 0.356. The van der Waals surface area contributed by atoms with Crippen LogP contribution in [0.4, 0.5) is 0 Å². The fourth-order valence-electron chi connectivity index (χ4n) is 1.40. The van der Waals surface area contributed by atoms with E-state index in [1.165, 1.54) is 7.11 Å². The van der Waals surface area contributed by atoms with Crippen molar-refractivity contribution in [2.24, 2.45) is 0 Å². The molecule has 0 aliphatic rings. The number of nitrogens with zero attached hydrogens (tertiary/aromatic N) is 1. The molecule has 1 atom stereocenters. The first-order valence-corrected chi connectivity index (χ1v) is 7.26. The van der Waals surface area contributed by atoms with Crippen molar-refractivity contribution in [2.45, 2.75) is 30.6 Å². The number of thioether (sulfide) groups is 1. The number of aryl methyl sites for hydroxylation is 1. The van der Waals surface area contributed by atoms with Crippen molar-refractivity contribution in [2.75, 3.05) is 19.4 Å². The molecule has 1 unspecified atom stereocenters. The number of ether oxygens (including phenoxy) is 1. The first-order valence-electron chi connectivity index (χ1n) is 5.40. The lowest BCUT2D eigenvalue weighted by Gasteiger charge is -2.26. The van der Waals surface area contributed by atoms with E-state index in [0.29, 0.717) is 5.75 Å². The largest absolute Gasteiger partial charge is 0.468 e. The van der Waals surface area contributed by atoms with Gasteiger partial charge in [0.2, 0.25) is 0 Å². The van der Waals surface area contributed by atoms with Crippen molar-refractivity contribution in [1.29, 1.82) is 0 Å². The molecule has 4 nitrogen and oxygen atoms in total. The van der Waals surface area contributed by atoms with Crippen LogP contribution < -0.4 is 5.32 Å².